The highest BCUT2D eigenvalue weighted by Gasteiger charge is 2.34. The molecule has 0 atom stereocenters. The van der Waals surface area contributed by atoms with Gasteiger partial charge < -0.3 is 19.6 Å². The fourth-order valence-electron chi connectivity index (χ4n) is 3.98. The summed E-state index contributed by atoms with van der Waals surface area (Å²) in [5.41, 5.74) is 3.99. The molecule has 30 heavy (non-hydrogen) atoms. The molecule has 0 aliphatic carbocycles. The number of ether oxygens (including phenoxy) is 1. The number of carbonyl (C=O) groups excluding carboxylic acids is 1. The van der Waals surface area contributed by atoms with Crippen molar-refractivity contribution >= 4 is 17.5 Å². The van der Waals surface area contributed by atoms with Gasteiger partial charge in [-0.25, -0.2) is 0 Å². The molecule has 2 aromatic rings. The quantitative estimate of drug-likeness (QED) is 0.786. The maximum absolute atomic E-state index is 13.1. The third-order valence-electron chi connectivity index (χ3n) is 5.91. The number of ketones is 1. The number of fused-ring (bicyclic) bond motifs is 1. The Kier molecular flexibility index (Phi) is 5.54. The monoisotopic (exact) mass is 407 g/mol. The summed E-state index contributed by atoms with van der Waals surface area (Å²) in [6.45, 7) is 6.24. The fourth-order valence-corrected chi connectivity index (χ4v) is 3.98. The average molecular weight is 408 g/mol. The minimum Gasteiger partial charge on any atom is -0.507 e. The van der Waals surface area contributed by atoms with E-state index in [-0.39, 0.29) is 11.5 Å². The minimum atomic E-state index is -0.126. The first-order chi connectivity index (χ1) is 14.3. The average Bonchev–Trinajstić information content (AvgIpc) is 3.03. The smallest absolute Gasteiger partial charge is 0.232 e. The Labute approximate surface area is 178 Å². The van der Waals surface area contributed by atoms with Crippen molar-refractivity contribution in [3.8, 4) is 11.5 Å². The van der Waals surface area contributed by atoms with Gasteiger partial charge in [0.05, 0.1) is 11.1 Å². The maximum Gasteiger partial charge on any atom is 0.232 e. The zero-order valence-electron chi connectivity index (χ0n) is 18.1. The summed E-state index contributed by atoms with van der Waals surface area (Å²) in [5, 5.41) is 10.6. The van der Waals surface area contributed by atoms with Gasteiger partial charge in [-0.15, -0.1) is 0 Å². The highest BCUT2D eigenvalue weighted by Crippen LogP contribution is 2.42. The van der Waals surface area contributed by atoms with Gasteiger partial charge >= 0.3 is 0 Å². The zero-order valence-corrected chi connectivity index (χ0v) is 18.1. The summed E-state index contributed by atoms with van der Waals surface area (Å²) in [4.78, 5) is 19.7. The summed E-state index contributed by atoms with van der Waals surface area (Å²) in [5.74, 6) is 0.872. The van der Waals surface area contributed by atoms with Crippen LogP contribution in [0.1, 0.15) is 27.0 Å². The van der Waals surface area contributed by atoms with Gasteiger partial charge in [0.2, 0.25) is 5.78 Å². The molecule has 6 nitrogen and oxygen atoms in total. The second-order valence-electron chi connectivity index (χ2n) is 8.40. The lowest BCUT2D eigenvalue weighted by Crippen LogP contribution is -2.43. The van der Waals surface area contributed by atoms with Crippen LogP contribution in [0.2, 0.25) is 0 Å². The molecule has 2 heterocycles. The molecular weight excluding hydrogens is 378 g/mol. The molecule has 0 saturated carbocycles. The standard InChI is InChI=1S/C24H29N3O3/c1-16-13-20(28)19(15-27-11-9-26(4)10-12-27)24-22(16)23(29)21(30-24)14-17-5-7-18(8-6-17)25(2)3/h5-8,13-14,28H,9-12,15H2,1-4H3/b21-14-. The minimum absolute atomic E-state index is 0.126. The van der Waals surface area contributed by atoms with Crippen LogP contribution >= 0.6 is 0 Å². The lowest BCUT2D eigenvalue weighted by molar-refractivity contribution is 0.101. The van der Waals surface area contributed by atoms with Crippen LogP contribution in [0.5, 0.6) is 11.5 Å². The van der Waals surface area contributed by atoms with Crippen LogP contribution in [0.25, 0.3) is 6.08 Å². The number of carbonyl (C=O) groups is 1. The van der Waals surface area contributed by atoms with Crippen LogP contribution in [0.15, 0.2) is 36.1 Å². The van der Waals surface area contributed by atoms with Crippen molar-refractivity contribution in [3.63, 3.8) is 0 Å². The second kappa shape index (κ2) is 8.13. The molecule has 2 aliphatic rings. The Morgan fingerprint density at radius 1 is 1.13 bits per heavy atom. The van der Waals surface area contributed by atoms with E-state index in [9.17, 15) is 9.90 Å². The number of anilines is 1. The van der Waals surface area contributed by atoms with Crippen LogP contribution in [0.3, 0.4) is 0 Å². The molecule has 0 amide bonds. The highest BCUT2D eigenvalue weighted by atomic mass is 16.5. The van der Waals surface area contributed by atoms with Gasteiger partial charge in [0.1, 0.15) is 11.5 Å². The number of likely N-dealkylation sites (N-methyl/N-ethyl adjacent to an activating group) is 1. The first kappa shape index (κ1) is 20.4. The Morgan fingerprint density at radius 2 is 1.80 bits per heavy atom. The molecule has 2 aromatic carbocycles. The van der Waals surface area contributed by atoms with E-state index in [1.54, 1.807) is 12.1 Å². The zero-order chi connectivity index (χ0) is 21.4. The van der Waals surface area contributed by atoms with E-state index < -0.39 is 0 Å². The number of allylic oxidation sites excluding steroid dienone is 1. The predicted molar refractivity (Wildman–Crippen MR) is 119 cm³/mol. The summed E-state index contributed by atoms with van der Waals surface area (Å²) in [6, 6.07) is 9.64. The lowest BCUT2D eigenvalue weighted by atomic mass is 9.99. The highest BCUT2D eigenvalue weighted by molar-refractivity contribution is 6.15. The molecule has 1 N–H and O–H groups in total. The van der Waals surface area contributed by atoms with Crippen molar-refractivity contribution in [2.45, 2.75) is 13.5 Å². The van der Waals surface area contributed by atoms with Gasteiger partial charge in [0.25, 0.3) is 0 Å². The number of hydrogen-bond acceptors (Lipinski definition) is 6. The summed E-state index contributed by atoms with van der Waals surface area (Å²) < 4.78 is 6.06. The number of rotatable bonds is 4. The van der Waals surface area contributed by atoms with Crippen molar-refractivity contribution in [2.24, 2.45) is 0 Å². The number of benzene rings is 2. The first-order valence-electron chi connectivity index (χ1n) is 10.3. The topological polar surface area (TPSA) is 56.2 Å². The molecule has 158 valence electrons. The van der Waals surface area contributed by atoms with Crippen molar-refractivity contribution in [1.29, 1.82) is 0 Å². The molecule has 1 fully saturated rings. The van der Waals surface area contributed by atoms with Gasteiger partial charge in [-0.3, -0.25) is 9.69 Å². The molecule has 6 heteroatoms. The molecular formula is C24H29N3O3. The van der Waals surface area contributed by atoms with Crippen molar-refractivity contribution in [1.82, 2.24) is 9.80 Å². The summed E-state index contributed by atoms with van der Waals surface area (Å²) in [7, 11) is 6.10. The summed E-state index contributed by atoms with van der Waals surface area (Å²) >= 11 is 0. The largest absolute Gasteiger partial charge is 0.507 e. The van der Waals surface area contributed by atoms with Gasteiger partial charge in [0.15, 0.2) is 5.76 Å². The summed E-state index contributed by atoms with van der Waals surface area (Å²) in [6.07, 6.45) is 1.78. The van der Waals surface area contributed by atoms with E-state index in [2.05, 4.69) is 16.8 Å². The molecule has 0 bridgehead atoms. The third kappa shape index (κ3) is 3.93. The molecule has 0 aromatic heterocycles. The van der Waals surface area contributed by atoms with Crippen LogP contribution < -0.4 is 9.64 Å². The predicted octanol–water partition coefficient (Wildman–Crippen LogP) is 3.13. The van der Waals surface area contributed by atoms with Gasteiger partial charge in [-0.1, -0.05) is 12.1 Å². The Balaban J connectivity index is 1.63. The molecule has 0 spiro atoms. The number of aromatic hydroxyl groups is 1. The van der Waals surface area contributed by atoms with Crippen LogP contribution in [-0.2, 0) is 6.54 Å². The Bertz CT molecular complexity index is 988. The third-order valence-corrected chi connectivity index (χ3v) is 5.91. The SMILES string of the molecule is Cc1cc(O)c(CN2CCN(C)CC2)c2c1C(=O)/C(=C/c1ccc(N(C)C)cc1)O2. The van der Waals surface area contributed by atoms with Crippen LogP contribution in [0, 0.1) is 6.92 Å². The molecule has 2 aliphatic heterocycles. The fraction of sp³-hybridized carbons (Fsp3) is 0.375. The van der Waals surface area contributed by atoms with E-state index in [1.807, 2.05) is 50.2 Å². The number of phenols is 1. The molecule has 0 unspecified atom stereocenters. The van der Waals surface area contributed by atoms with E-state index in [0.717, 1.165) is 43.0 Å². The molecule has 0 radical (unpaired) electrons. The van der Waals surface area contributed by atoms with Crippen molar-refractivity contribution in [2.75, 3.05) is 52.2 Å². The number of hydrogen-bond donors (Lipinski definition) is 1. The number of aryl methyl sites for hydroxylation is 1. The van der Waals surface area contributed by atoms with Gasteiger partial charge in [-0.2, -0.15) is 0 Å². The second-order valence-corrected chi connectivity index (χ2v) is 8.40. The van der Waals surface area contributed by atoms with Crippen LogP contribution in [-0.4, -0.2) is 68.0 Å². The van der Waals surface area contributed by atoms with E-state index in [1.165, 1.54) is 0 Å². The number of nitrogens with zero attached hydrogens (tertiary/aromatic N) is 3. The van der Waals surface area contributed by atoms with Gasteiger partial charge in [-0.05, 0) is 49.4 Å². The number of Topliss-reactive ketones (excluding diaryl/α,β-unsaturated/α-hetero) is 1. The molecule has 4 rings (SSSR count). The van der Waals surface area contributed by atoms with E-state index in [4.69, 9.17) is 4.74 Å². The van der Waals surface area contributed by atoms with Gasteiger partial charge in [0, 0.05) is 52.5 Å². The Morgan fingerprint density at radius 3 is 2.43 bits per heavy atom. The number of phenolic OH excluding ortho intramolecular Hbond substituents is 1. The normalized spacial score (nSPS) is 18.5. The van der Waals surface area contributed by atoms with Crippen molar-refractivity contribution < 1.29 is 14.6 Å². The maximum atomic E-state index is 13.1. The molecule has 1 saturated heterocycles. The van der Waals surface area contributed by atoms with E-state index >= 15 is 0 Å². The Hall–Kier alpha value is -2.83. The van der Waals surface area contributed by atoms with Crippen molar-refractivity contribution in [3.05, 3.63) is 58.3 Å². The van der Waals surface area contributed by atoms with Crippen LogP contribution in [0.4, 0.5) is 5.69 Å². The lowest BCUT2D eigenvalue weighted by Gasteiger charge is -2.32. The first-order valence-corrected chi connectivity index (χ1v) is 10.3. The van der Waals surface area contributed by atoms with E-state index in [0.29, 0.717) is 29.2 Å². The number of piperazine rings is 1.